The van der Waals surface area contributed by atoms with Crippen molar-refractivity contribution in [3.05, 3.63) is 23.3 Å². The smallest absolute Gasteiger partial charge is 0.390 e. The number of benzene rings is 1. The zero-order valence-corrected chi connectivity index (χ0v) is 12.3. The van der Waals surface area contributed by atoms with Crippen LogP contribution in [0.4, 0.5) is 18.9 Å². The molecule has 0 saturated carbocycles. The standard InChI is InChI=1S/C12H17F3N2O2S/c1-8-4-5-10(16)11(9(8)2)20(18,19)17(3)7-6-12(13,14)15/h4-5H,6-7,16H2,1-3H3. The summed E-state index contributed by atoms with van der Waals surface area (Å²) < 4.78 is 61.9. The number of rotatable bonds is 4. The van der Waals surface area contributed by atoms with Gasteiger partial charge in [-0.3, -0.25) is 0 Å². The average Bonchev–Trinajstić information content (AvgIpc) is 2.30. The van der Waals surface area contributed by atoms with E-state index in [0.29, 0.717) is 15.4 Å². The number of sulfonamides is 1. The van der Waals surface area contributed by atoms with Crippen LogP contribution in [-0.4, -0.2) is 32.5 Å². The van der Waals surface area contributed by atoms with Crippen molar-refractivity contribution in [3.63, 3.8) is 0 Å². The molecule has 0 radical (unpaired) electrons. The molecule has 0 atom stereocenters. The van der Waals surface area contributed by atoms with Crippen LogP contribution in [-0.2, 0) is 10.0 Å². The molecule has 0 aromatic heterocycles. The molecular formula is C12H17F3N2O2S. The van der Waals surface area contributed by atoms with E-state index in [1.54, 1.807) is 19.9 Å². The monoisotopic (exact) mass is 310 g/mol. The Morgan fingerprint density at radius 2 is 1.80 bits per heavy atom. The van der Waals surface area contributed by atoms with Gasteiger partial charge < -0.3 is 5.73 Å². The van der Waals surface area contributed by atoms with E-state index < -0.39 is 29.2 Å². The van der Waals surface area contributed by atoms with Crippen LogP contribution in [0.5, 0.6) is 0 Å². The fourth-order valence-electron chi connectivity index (χ4n) is 1.71. The van der Waals surface area contributed by atoms with E-state index >= 15 is 0 Å². The van der Waals surface area contributed by atoms with Crippen molar-refractivity contribution < 1.29 is 21.6 Å². The van der Waals surface area contributed by atoms with Gasteiger partial charge >= 0.3 is 6.18 Å². The Labute approximate surface area is 116 Å². The Kier molecular flexibility index (Phi) is 4.70. The number of aryl methyl sites for hydroxylation is 1. The summed E-state index contributed by atoms with van der Waals surface area (Å²) in [6.07, 6.45) is -5.61. The average molecular weight is 310 g/mol. The third kappa shape index (κ3) is 3.63. The first-order valence-corrected chi connectivity index (χ1v) is 7.29. The lowest BCUT2D eigenvalue weighted by Gasteiger charge is -2.21. The number of nitrogens with two attached hydrogens (primary N) is 1. The maximum absolute atomic E-state index is 12.3. The van der Waals surface area contributed by atoms with Gasteiger partial charge in [0, 0.05) is 13.6 Å². The van der Waals surface area contributed by atoms with Crippen LogP contribution in [0, 0.1) is 13.8 Å². The number of hydrogen-bond acceptors (Lipinski definition) is 3. The number of nitrogens with zero attached hydrogens (tertiary/aromatic N) is 1. The Morgan fingerprint density at radius 1 is 1.25 bits per heavy atom. The van der Waals surface area contributed by atoms with Crippen LogP contribution in [0.2, 0.25) is 0 Å². The minimum absolute atomic E-state index is 0.0342. The Morgan fingerprint density at radius 3 is 2.30 bits per heavy atom. The van der Waals surface area contributed by atoms with Gasteiger partial charge in [0.25, 0.3) is 0 Å². The molecule has 2 N–H and O–H groups in total. The fourth-order valence-corrected chi connectivity index (χ4v) is 3.27. The lowest BCUT2D eigenvalue weighted by atomic mass is 10.1. The first-order valence-electron chi connectivity index (χ1n) is 5.85. The maximum atomic E-state index is 12.3. The first-order chi connectivity index (χ1) is 8.97. The van der Waals surface area contributed by atoms with Crippen molar-refractivity contribution >= 4 is 15.7 Å². The molecule has 0 bridgehead atoms. The van der Waals surface area contributed by atoms with E-state index in [-0.39, 0.29) is 10.6 Å². The largest absolute Gasteiger partial charge is 0.398 e. The summed E-state index contributed by atoms with van der Waals surface area (Å²) in [5.74, 6) is 0. The Hall–Kier alpha value is -1.28. The van der Waals surface area contributed by atoms with Gasteiger partial charge in [0.1, 0.15) is 4.90 Å². The molecule has 20 heavy (non-hydrogen) atoms. The van der Waals surface area contributed by atoms with Crippen molar-refractivity contribution in [3.8, 4) is 0 Å². The molecule has 0 heterocycles. The summed E-state index contributed by atoms with van der Waals surface area (Å²) in [5, 5.41) is 0. The Bertz CT molecular complexity index is 597. The molecule has 0 saturated heterocycles. The first kappa shape index (κ1) is 16.8. The molecule has 0 aliphatic heterocycles. The minimum atomic E-state index is -4.41. The number of halogens is 3. The highest BCUT2D eigenvalue weighted by molar-refractivity contribution is 7.89. The van der Waals surface area contributed by atoms with Crippen molar-refractivity contribution in [1.29, 1.82) is 0 Å². The minimum Gasteiger partial charge on any atom is -0.398 e. The second-order valence-corrected chi connectivity index (χ2v) is 6.60. The van der Waals surface area contributed by atoms with Crippen LogP contribution >= 0.6 is 0 Å². The number of nitrogen functional groups attached to an aromatic ring is 1. The van der Waals surface area contributed by atoms with Crippen LogP contribution in [0.15, 0.2) is 17.0 Å². The van der Waals surface area contributed by atoms with Gasteiger partial charge in [-0.2, -0.15) is 13.2 Å². The molecule has 0 spiro atoms. The molecular weight excluding hydrogens is 293 g/mol. The van der Waals surface area contributed by atoms with Gasteiger partial charge in [-0.15, -0.1) is 0 Å². The summed E-state index contributed by atoms with van der Waals surface area (Å²) in [5.41, 5.74) is 6.86. The number of anilines is 1. The van der Waals surface area contributed by atoms with Gasteiger partial charge in [0.2, 0.25) is 10.0 Å². The summed E-state index contributed by atoms with van der Waals surface area (Å²) in [7, 11) is -2.92. The Balaban J connectivity index is 3.15. The van der Waals surface area contributed by atoms with Gasteiger partial charge in [-0.25, -0.2) is 12.7 Å². The van der Waals surface area contributed by atoms with E-state index in [0.717, 1.165) is 7.05 Å². The van der Waals surface area contributed by atoms with E-state index in [1.807, 2.05) is 0 Å². The highest BCUT2D eigenvalue weighted by Crippen LogP contribution is 2.28. The predicted molar refractivity (Wildman–Crippen MR) is 70.8 cm³/mol. The van der Waals surface area contributed by atoms with E-state index in [1.165, 1.54) is 6.07 Å². The SMILES string of the molecule is Cc1ccc(N)c(S(=O)(=O)N(C)CCC(F)(F)F)c1C. The third-order valence-corrected chi connectivity index (χ3v) is 5.15. The second-order valence-electron chi connectivity index (χ2n) is 4.62. The van der Waals surface area contributed by atoms with Crippen molar-refractivity contribution in [2.75, 3.05) is 19.3 Å². The highest BCUT2D eigenvalue weighted by Gasteiger charge is 2.31. The molecule has 114 valence electrons. The molecule has 0 amide bonds. The number of hydrogen-bond donors (Lipinski definition) is 1. The molecule has 4 nitrogen and oxygen atoms in total. The van der Waals surface area contributed by atoms with E-state index in [9.17, 15) is 21.6 Å². The van der Waals surface area contributed by atoms with Gasteiger partial charge in [-0.05, 0) is 31.0 Å². The van der Waals surface area contributed by atoms with Gasteiger partial charge in [0.05, 0.1) is 12.1 Å². The highest BCUT2D eigenvalue weighted by atomic mass is 32.2. The van der Waals surface area contributed by atoms with Crippen LogP contribution in [0.3, 0.4) is 0 Å². The molecule has 0 unspecified atom stereocenters. The molecule has 0 fully saturated rings. The van der Waals surface area contributed by atoms with Crippen LogP contribution < -0.4 is 5.73 Å². The zero-order chi connectivity index (χ0) is 15.7. The maximum Gasteiger partial charge on any atom is 0.390 e. The van der Waals surface area contributed by atoms with E-state index in [2.05, 4.69) is 0 Å². The zero-order valence-electron chi connectivity index (χ0n) is 11.5. The quantitative estimate of drug-likeness (QED) is 0.869. The normalized spacial score (nSPS) is 12.9. The van der Waals surface area contributed by atoms with Crippen LogP contribution in [0.1, 0.15) is 17.5 Å². The molecule has 0 aliphatic rings. The number of alkyl halides is 3. The topological polar surface area (TPSA) is 63.4 Å². The predicted octanol–water partition coefficient (Wildman–Crippen LogP) is 2.46. The molecule has 1 rings (SSSR count). The molecule has 1 aromatic carbocycles. The summed E-state index contributed by atoms with van der Waals surface area (Å²) >= 11 is 0. The van der Waals surface area contributed by atoms with Gasteiger partial charge in [-0.1, -0.05) is 6.07 Å². The summed E-state index contributed by atoms with van der Waals surface area (Å²) in [6.45, 7) is 2.65. The van der Waals surface area contributed by atoms with Crippen molar-refractivity contribution in [1.82, 2.24) is 4.31 Å². The third-order valence-electron chi connectivity index (χ3n) is 3.09. The van der Waals surface area contributed by atoms with Crippen molar-refractivity contribution in [2.24, 2.45) is 0 Å². The van der Waals surface area contributed by atoms with Crippen LogP contribution in [0.25, 0.3) is 0 Å². The lowest BCUT2D eigenvalue weighted by Crippen LogP contribution is -2.31. The van der Waals surface area contributed by atoms with Gasteiger partial charge in [0.15, 0.2) is 0 Å². The second kappa shape index (κ2) is 5.61. The molecule has 1 aromatic rings. The molecule has 0 aliphatic carbocycles. The summed E-state index contributed by atoms with van der Waals surface area (Å²) in [4.78, 5) is -0.123. The lowest BCUT2D eigenvalue weighted by molar-refractivity contribution is -0.135. The molecule has 8 heteroatoms. The van der Waals surface area contributed by atoms with E-state index in [4.69, 9.17) is 5.73 Å². The fraction of sp³-hybridized carbons (Fsp3) is 0.500. The van der Waals surface area contributed by atoms with Crippen molar-refractivity contribution in [2.45, 2.75) is 31.3 Å². The summed E-state index contributed by atoms with van der Waals surface area (Å²) in [6, 6.07) is 3.10.